The molecule has 3 aromatic rings. The van der Waals surface area contributed by atoms with Gasteiger partial charge >= 0.3 is 5.69 Å². The van der Waals surface area contributed by atoms with E-state index in [0.717, 1.165) is 12.0 Å². The molecule has 0 bridgehead atoms. The summed E-state index contributed by atoms with van der Waals surface area (Å²) in [4.78, 5) is 23.6. The number of nitrogens with two attached hydrogens (primary N) is 1. The topological polar surface area (TPSA) is 102 Å². The molecule has 2 heterocycles. The van der Waals surface area contributed by atoms with Crippen molar-refractivity contribution in [2.75, 3.05) is 18.4 Å². The third-order valence-corrected chi connectivity index (χ3v) is 3.96. The molecule has 0 fully saturated rings. The highest BCUT2D eigenvalue weighted by molar-refractivity contribution is 6.30. The summed E-state index contributed by atoms with van der Waals surface area (Å²) in [6.45, 7) is 1.83. The lowest BCUT2D eigenvalue weighted by molar-refractivity contribution is 0.685. The summed E-state index contributed by atoms with van der Waals surface area (Å²) in [6, 6.07) is 7.60. The summed E-state index contributed by atoms with van der Waals surface area (Å²) in [5.41, 5.74) is 7.62. The molecule has 0 unspecified atom stereocenters. The van der Waals surface area contributed by atoms with Crippen LogP contribution in [0.25, 0.3) is 11.2 Å². The molecule has 8 heteroatoms. The molecule has 0 spiro atoms. The van der Waals surface area contributed by atoms with Crippen molar-refractivity contribution in [3.8, 4) is 0 Å². The molecule has 0 amide bonds. The highest BCUT2D eigenvalue weighted by Crippen LogP contribution is 2.12. The SMILES string of the molecule is NCCCNc1ncc2[nH]c(=O)n(CCc3ccc(Cl)cc3)c2n1. The number of halogens is 1. The average Bonchev–Trinajstić information content (AvgIpc) is 2.89. The lowest BCUT2D eigenvalue weighted by Gasteiger charge is -2.06. The fourth-order valence-corrected chi connectivity index (χ4v) is 2.56. The van der Waals surface area contributed by atoms with Gasteiger partial charge in [0.2, 0.25) is 5.95 Å². The van der Waals surface area contributed by atoms with Crippen LogP contribution < -0.4 is 16.7 Å². The fraction of sp³-hybridized carbons (Fsp3) is 0.312. The molecule has 1 aromatic carbocycles. The predicted octanol–water partition coefficient (Wildman–Crippen LogP) is 1.78. The van der Waals surface area contributed by atoms with Crippen LogP contribution in [0, 0.1) is 0 Å². The van der Waals surface area contributed by atoms with Gasteiger partial charge < -0.3 is 16.0 Å². The number of hydrogen-bond acceptors (Lipinski definition) is 5. The van der Waals surface area contributed by atoms with Gasteiger partial charge in [0.15, 0.2) is 5.65 Å². The summed E-state index contributed by atoms with van der Waals surface area (Å²) in [7, 11) is 0. The fourth-order valence-electron chi connectivity index (χ4n) is 2.43. The molecule has 7 nitrogen and oxygen atoms in total. The third kappa shape index (κ3) is 3.74. The summed E-state index contributed by atoms with van der Waals surface area (Å²) in [6.07, 6.45) is 3.16. The van der Waals surface area contributed by atoms with E-state index in [1.165, 1.54) is 0 Å². The van der Waals surface area contributed by atoms with E-state index in [9.17, 15) is 4.79 Å². The van der Waals surface area contributed by atoms with Gasteiger partial charge in [-0.1, -0.05) is 23.7 Å². The van der Waals surface area contributed by atoms with E-state index >= 15 is 0 Å². The monoisotopic (exact) mass is 346 g/mol. The number of anilines is 1. The van der Waals surface area contributed by atoms with E-state index in [1.807, 2.05) is 24.3 Å². The average molecular weight is 347 g/mol. The Bertz CT molecular complexity index is 870. The molecule has 0 saturated heterocycles. The number of aromatic nitrogens is 4. The lowest BCUT2D eigenvalue weighted by atomic mass is 10.1. The Kier molecular flexibility index (Phi) is 5.12. The second-order valence-corrected chi connectivity index (χ2v) is 5.89. The van der Waals surface area contributed by atoms with Crippen molar-refractivity contribution < 1.29 is 0 Å². The normalized spacial score (nSPS) is 11.1. The second-order valence-electron chi connectivity index (χ2n) is 5.46. The maximum Gasteiger partial charge on any atom is 0.327 e. The number of aromatic amines is 1. The van der Waals surface area contributed by atoms with Gasteiger partial charge in [0.05, 0.1) is 6.20 Å². The molecule has 0 aliphatic heterocycles. The Hall–Kier alpha value is -2.38. The van der Waals surface area contributed by atoms with Crippen molar-refractivity contribution in [1.82, 2.24) is 19.5 Å². The smallest absolute Gasteiger partial charge is 0.327 e. The third-order valence-electron chi connectivity index (χ3n) is 3.71. The van der Waals surface area contributed by atoms with Gasteiger partial charge in [-0.05, 0) is 37.1 Å². The van der Waals surface area contributed by atoms with Crippen LogP contribution in [0.15, 0.2) is 35.3 Å². The molecule has 4 N–H and O–H groups in total. The van der Waals surface area contributed by atoms with Crippen LogP contribution >= 0.6 is 11.6 Å². The minimum atomic E-state index is -0.188. The predicted molar refractivity (Wildman–Crippen MR) is 95.5 cm³/mol. The first-order valence-electron chi connectivity index (χ1n) is 7.81. The summed E-state index contributed by atoms with van der Waals surface area (Å²) in [5, 5.41) is 3.81. The Morgan fingerprint density at radius 1 is 1.29 bits per heavy atom. The number of aryl methyl sites for hydroxylation is 2. The minimum absolute atomic E-state index is 0.188. The zero-order chi connectivity index (χ0) is 16.9. The van der Waals surface area contributed by atoms with E-state index in [4.69, 9.17) is 17.3 Å². The van der Waals surface area contributed by atoms with Crippen molar-refractivity contribution in [3.05, 3.63) is 51.5 Å². The van der Waals surface area contributed by atoms with Crippen molar-refractivity contribution in [2.24, 2.45) is 5.73 Å². The van der Waals surface area contributed by atoms with Crippen LogP contribution in [0.2, 0.25) is 5.02 Å². The van der Waals surface area contributed by atoms with Crippen LogP contribution in [0.5, 0.6) is 0 Å². The van der Waals surface area contributed by atoms with E-state index in [2.05, 4.69) is 20.3 Å². The molecule has 0 radical (unpaired) electrons. The van der Waals surface area contributed by atoms with Gasteiger partial charge in [0.25, 0.3) is 0 Å². The number of nitrogens with zero attached hydrogens (tertiary/aromatic N) is 3. The number of rotatable bonds is 7. The van der Waals surface area contributed by atoms with Gasteiger partial charge in [0, 0.05) is 18.1 Å². The van der Waals surface area contributed by atoms with Crippen LogP contribution in [-0.2, 0) is 13.0 Å². The Morgan fingerprint density at radius 3 is 2.83 bits per heavy atom. The maximum atomic E-state index is 12.2. The molecule has 0 atom stereocenters. The van der Waals surface area contributed by atoms with Gasteiger partial charge in [-0.15, -0.1) is 0 Å². The first-order chi connectivity index (χ1) is 11.7. The first-order valence-corrected chi connectivity index (χ1v) is 8.19. The van der Waals surface area contributed by atoms with E-state index in [-0.39, 0.29) is 5.69 Å². The number of H-pyrrole nitrogens is 1. The Morgan fingerprint density at radius 2 is 2.08 bits per heavy atom. The summed E-state index contributed by atoms with van der Waals surface area (Å²) >= 11 is 5.89. The number of benzene rings is 1. The zero-order valence-corrected chi connectivity index (χ0v) is 13.9. The molecule has 3 rings (SSSR count). The highest BCUT2D eigenvalue weighted by atomic mass is 35.5. The molecule has 0 saturated carbocycles. The number of hydrogen-bond donors (Lipinski definition) is 3. The van der Waals surface area contributed by atoms with Crippen molar-refractivity contribution >= 4 is 28.7 Å². The van der Waals surface area contributed by atoms with Crippen LogP contribution in [0.1, 0.15) is 12.0 Å². The van der Waals surface area contributed by atoms with Gasteiger partial charge in [-0.3, -0.25) is 4.57 Å². The van der Waals surface area contributed by atoms with Crippen LogP contribution in [0.3, 0.4) is 0 Å². The number of nitrogens with one attached hydrogen (secondary N) is 2. The number of fused-ring (bicyclic) bond motifs is 1. The lowest BCUT2D eigenvalue weighted by Crippen LogP contribution is -2.18. The van der Waals surface area contributed by atoms with Crippen molar-refractivity contribution in [2.45, 2.75) is 19.4 Å². The van der Waals surface area contributed by atoms with E-state index < -0.39 is 0 Å². The molecular weight excluding hydrogens is 328 g/mol. The van der Waals surface area contributed by atoms with Crippen molar-refractivity contribution in [1.29, 1.82) is 0 Å². The summed E-state index contributed by atoms with van der Waals surface area (Å²) in [5.74, 6) is 0.496. The van der Waals surface area contributed by atoms with E-state index in [1.54, 1.807) is 10.8 Å². The van der Waals surface area contributed by atoms with E-state index in [0.29, 0.717) is 48.2 Å². The van der Waals surface area contributed by atoms with Crippen molar-refractivity contribution in [3.63, 3.8) is 0 Å². The van der Waals surface area contributed by atoms with Crippen LogP contribution in [-0.4, -0.2) is 32.6 Å². The summed E-state index contributed by atoms with van der Waals surface area (Å²) < 4.78 is 1.62. The molecule has 126 valence electrons. The molecule has 2 aromatic heterocycles. The van der Waals surface area contributed by atoms with Crippen LogP contribution in [0.4, 0.5) is 5.95 Å². The Balaban J connectivity index is 1.80. The molecular formula is C16H19ClN6O. The molecule has 24 heavy (non-hydrogen) atoms. The highest BCUT2D eigenvalue weighted by Gasteiger charge is 2.10. The van der Waals surface area contributed by atoms with Gasteiger partial charge in [0.1, 0.15) is 5.52 Å². The standard InChI is InChI=1S/C16H19ClN6O/c17-12-4-2-11(3-5-12)6-9-23-14-13(21-16(23)24)10-20-15(22-14)19-8-1-7-18/h2-5,10H,1,6-9,18H2,(H,21,24)(H,19,20,22). The second kappa shape index (κ2) is 7.46. The zero-order valence-electron chi connectivity index (χ0n) is 13.1. The quantitative estimate of drug-likeness (QED) is 0.566. The Labute approximate surface area is 143 Å². The molecule has 0 aliphatic carbocycles. The first kappa shape index (κ1) is 16.5. The number of imidazole rings is 1. The minimum Gasteiger partial charge on any atom is -0.354 e. The van der Waals surface area contributed by atoms with Gasteiger partial charge in [-0.25, -0.2) is 9.78 Å². The molecule has 0 aliphatic rings. The maximum absolute atomic E-state index is 12.2. The largest absolute Gasteiger partial charge is 0.354 e. The van der Waals surface area contributed by atoms with Gasteiger partial charge in [-0.2, -0.15) is 4.98 Å².